The lowest BCUT2D eigenvalue weighted by Gasteiger charge is -2.29. The summed E-state index contributed by atoms with van der Waals surface area (Å²) in [7, 11) is 1.54. The molecule has 0 aromatic heterocycles. The molecule has 0 radical (unpaired) electrons. The maximum absolute atomic E-state index is 12.8. The van der Waals surface area contributed by atoms with Gasteiger partial charge in [0.05, 0.1) is 7.11 Å². The van der Waals surface area contributed by atoms with Gasteiger partial charge in [0.15, 0.2) is 0 Å². The lowest BCUT2D eigenvalue weighted by atomic mass is 10.0. The molecule has 1 atom stereocenters. The number of nitrogens with zero attached hydrogens (tertiary/aromatic N) is 1. The van der Waals surface area contributed by atoms with Crippen LogP contribution in [-0.4, -0.2) is 41.9 Å². The molecule has 0 aliphatic carbocycles. The first kappa shape index (κ1) is 20.4. The van der Waals surface area contributed by atoms with Crippen LogP contribution in [0.2, 0.25) is 0 Å². The van der Waals surface area contributed by atoms with Gasteiger partial charge in [-0.1, -0.05) is 18.2 Å². The van der Waals surface area contributed by atoms with Crippen LogP contribution in [0.25, 0.3) is 0 Å². The van der Waals surface area contributed by atoms with E-state index in [2.05, 4.69) is 10.6 Å². The molecule has 4 amide bonds. The van der Waals surface area contributed by atoms with Crippen LogP contribution < -0.4 is 15.4 Å². The molecule has 9 heteroatoms. The Morgan fingerprint density at radius 3 is 2.81 bits per heavy atom. The summed E-state index contributed by atoms with van der Waals surface area (Å²) in [6.07, 6.45) is -0.117. The van der Waals surface area contributed by atoms with E-state index in [0.29, 0.717) is 35.5 Å². The molecule has 0 bridgehead atoms. The predicted octanol–water partition coefficient (Wildman–Crippen LogP) is 2.20. The fourth-order valence-electron chi connectivity index (χ4n) is 3.70. The van der Waals surface area contributed by atoms with Crippen LogP contribution in [0.1, 0.15) is 34.3 Å². The van der Waals surface area contributed by atoms with Gasteiger partial charge < -0.3 is 14.4 Å². The summed E-state index contributed by atoms with van der Waals surface area (Å²) >= 11 is 0. The third kappa shape index (κ3) is 4.35. The molecule has 0 spiro atoms. The Morgan fingerprint density at radius 2 is 2.03 bits per heavy atom. The van der Waals surface area contributed by atoms with Gasteiger partial charge in [-0.15, -0.1) is 0 Å². The van der Waals surface area contributed by atoms with Gasteiger partial charge in [-0.25, -0.2) is 4.79 Å². The zero-order chi connectivity index (χ0) is 22.0. The van der Waals surface area contributed by atoms with Gasteiger partial charge in [0, 0.05) is 30.3 Å². The molecular weight excluding hydrogens is 402 g/mol. The number of hydrogen-bond acceptors (Lipinski definition) is 6. The predicted molar refractivity (Wildman–Crippen MR) is 109 cm³/mol. The van der Waals surface area contributed by atoms with Crippen LogP contribution in [-0.2, 0) is 27.5 Å². The number of rotatable bonds is 5. The quantitative estimate of drug-likeness (QED) is 0.713. The molecule has 1 unspecified atom stereocenters. The molecular formula is C22H21N3O6. The van der Waals surface area contributed by atoms with Crippen LogP contribution >= 0.6 is 0 Å². The molecule has 1 saturated heterocycles. The molecule has 0 saturated carbocycles. The molecule has 2 aliphatic rings. The molecule has 2 heterocycles. The van der Waals surface area contributed by atoms with E-state index in [-0.39, 0.29) is 24.8 Å². The van der Waals surface area contributed by atoms with E-state index in [9.17, 15) is 19.2 Å². The number of ether oxygens (including phenoxy) is 2. The minimum Gasteiger partial charge on any atom is -0.497 e. The highest BCUT2D eigenvalue weighted by Gasteiger charge is 2.39. The third-order valence-electron chi connectivity index (χ3n) is 5.28. The van der Waals surface area contributed by atoms with Crippen molar-refractivity contribution in [1.82, 2.24) is 10.2 Å². The minimum absolute atomic E-state index is 0.0191. The lowest BCUT2D eigenvalue weighted by Crippen LogP contribution is -2.52. The van der Waals surface area contributed by atoms with Crippen molar-refractivity contribution in [3.8, 4) is 5.75 Å². The molecule has 2 aromatic rings. The number of amides is 4. The number of fused-ring (bicyclic) bond motifs is 1. The van der Waals surface area contributed by atoms with Crippen molar-refractivity contribution >= 4 is 29.5 Å². The second-order valence-corrected chi connectivity index (χ2v) is 7.32. The van der Waals surface area contributed by atoms with Crippen molar-refractivity contribution in [2.75, 3.05) is 12.4 Å². The first-order valence-electron chi connectivity index (χ1n) is 9.79. The maximum Gasteiger partial charge on any atom is 0.411 e. The second kappa shape index (κ2) is 8.47. The maximum atomic E-state index is 12.8. The van der Waals surface area contributed by atoms with Crippen molar-refractivity contribution in [3.63, 3.8) is 0 Å². The van der Waals surface area contributed by atoms with E-state index in [0.717, 1.165) is 5.56 Å². The molecule has 2 N–H and O–H groups in total. The molecule has 4 rings (SSSR count). The van der Waals surface area contributed by atoms with E-state index in [4.69, 9.17) is 9.47 Å². The van der Waals surface area contributed by atoms with Crippen molar-refractivity contribution in [3.05, 3.63) is 59.2 Å². The molecule has 2 aliphatic heterocycles. The van der Waals surface area contributed by atoms with Crippen LogP contribution in [0.15, 0.2) is 42.5 Å². The number of nitrogens with one attached hydrogen (secondary N) is 2. The van der Waals surface area contributed by atoms with Gasteiger partial charge in [-0.05, 0) is 35.7 Å². The van der Waals surface area contributed by atoms with E-state index >= 15 is 0 Å². The van der Waals surface area contributed by atoms with Crippen LogP contribution in [0.5, 0.6) is 5.75 Å². The van der Waals surface area contributed by atoms with Gasteiger partial charge in [-0.2, -0.15) is 0 Å². The summed E-state index contributed by atoms with van der Waals surface area (Å²) in [5, 5.41) is 4.90. The highest BCUT2D eigenvalue weighted by atomic mass is 16.5. The average Bonchev–Trinajstić information content (AvgIpc) is 3.08. The van der Waals surface area contributed by atoms with Gasteiger partial charge in [0.25, 0.3) is 5.91 Å². The number of imide groups is 1. The summed E-state index contributed by atoms with van der Waals surface area (Å²) in [6.45, 7) is 0.284. The van der Waals surface area contributed by atoms with Gasteiger partial charge >= 0.3 is 6.09 Å². The summed E-state index contributed by atoms with van der Waals surface area (Å²) in [5.74, 6) is -0.435. The molecule has 31 heavy (non-hydrogen) atoms. The topological polar surface area (TPSA) is 114 Å². The Hall–Kier alpha value is -3.88. The zero-order valence-electron chi connectivity index (χ0n) is 16.8. The first-order chi connectivity index (χ1) is 14.9. The zero-order valence-corrected chi connectivity index (χ0v) is 16.8. The normalized spacial score (nSPS) is 17.8. The fraction of sp³-hybridized carbons (Fsp3) is 0.273. The van der Waals surface area contributed by atoms with Gasteiger partial charge in [0.1, 0.15) is 18.4 Å². The minimum atomic E-state index is -0.661. The Balaban J connectivity index is 1.38. The Labute approximate surface area is 178 Å². The highest BCUT2D eigenvalue weighted by molar-refractivity contribution is 6.05. The third-order valence-corrected chi connectivity index (χ3v) is 5.28. The smallest absolute Gasteiger partial charge is 0.411 e. The average molecular weight is 423 g/mol. The number of piperidine rings is 1. The van der Waals surface area contributed by atoms with Crippen molar-refractivity contribution in [1.29, 1.82) is 0 Å². The first-order valence-corrected chi connectivity index (χ1v) is 9.79. The SMILES string of the molecule is COc1cccc(NC(=O)OCc2ccc3c(c2)C(=O)N(C2CCC(=O)NC2=O)C3)c1. The van der Waals surface area contributed by atoms with Crippen molar-refractivity contribution < 1.29 is 28.7 Å². The Morgan fingerprint density at radius 1 is 1.19 bits per heavy atom. The monoisotopic (exact) mass is 423 g/mol. The van der Waals surface area contributed by atoms with E-state index in [1.54, 1.807) is 42.5 Å². The number of benzene rings is 2. The number of hydrogen-bond donors (Lipinski definition) is 2. The Kier molecular flexibility index (Phi) is 5.57. The summed E-state index contributed by atoms with van der Waals surface area (Å²) in [4.78, 5) is 49.9. The highest BCUT2D eigenvalue weighted by Crippen LogP contribution is 2.28. The van der Waals surface area contributed by atoms with Gasteiger partial charge in [-0.3, -0.25) is 25.0 Å². The molecule has 2 aromatic carbocycles. The Bertz CT molecular complexity index is 1070. The summed E-state index contributed by atoms with van der Waals surface area (Å²) < 4.78 is 10.4. The molecule has 9 nitrogen and oxygen atoms in total. The summed E-state index contributed by atoms with van der Waals surface area (Å²) in [5.41, 5.74) is 2.45. The van der Waals surface area contributed by atoms with E-state index in [1.165, 1.54) is 12.0 Å². The van der Waals surface area contributed by atoms with Crippen molar-refractivity contribution in [2.45, 2.75) is 32.0 Å². The van der Waals surface area contributed by atoms with Crippen LogP contribution in [0.4, 0.5) is 10.5 Å². The van der Waals surface area contributed by atoms with Gasteiger partial charge in [0.2, 0.25) is 11.8 Å². The molecule has 1 fully saturated rings. The number of anilines is 1. The van der Waals surface area contributed by atoms with Crippen LogP contribution in [0, 0.1) is 0 Å². The van der Waals surface area contributed by atoms with Crippen LogP contribution in [0.3, 0.4) is 0 Å². The van der Waals surface area contributed by atoms with E-state index in [1.807, 2.05) is 0 Å². The second-order valence-electron chi connectivity index (χ2n) is 7.32. The number of carbonyl (C=O) groups is 4. The lowest BCUT2D eigenvalue weighted by molar-refractivity contribution is -0.136. The number of carbonyl (C=O) groups excluding carboxylic acids is 4. The van der Waals surface area contributed by atoms with E-state index < -0.39 is 18.0 Å². The standard InChI is InChI=1S/C22H21N3O6/c1-30-16-4-2-3-15(10-16)23-22(29)31-12-13-5-6-14-11-25(21(28)17(14)9-13)18-7-8-19(26)24-20(18)27/h2-6,9-10,18H,7-8,11-12H2,1H3,(H,23,29)(H,24,26,27). The fourth-order valence-corrected chi connectivity index (χ4v) is 3.70. The summed E-state index contributed by atoms with van der Waals surface area (Å²) in [6, 6.07) is 11.5. The largest absolute Gasteiger partial charge is 0.497 e. The van der Waals surface area contributed by atoms with Crippen molar-refractivity contribution in [2.24, 2.45) is 0 Å². The number of methoxy groups -OCH3 is 1. The molecule has 160 valence electrons.